The van der Waals surface area contributed by atoms with Gasteiger partial charge in [0.2, 0.25) is 5.91 Å². The largest absolute Gasteiger partial charge is 0.481 e. The SMILES string of the molecule is O=C(O)CCCCCCCNC(=O)C1=NN(c2ccccc2)C(=O)CC1. The van der Waals surface area contributed by atoms with Gasteiger partial charge in [-0.15, -0.1) is 0 Å². The number of benzene rings is 1. The van der Waals surface area contributed by atoms with Crippen molar-refractivity contribution < 1.29 is 19.5 Å². The van der Waals surface area contributed by atoms with E-state index in [2.05, 4.69) is 10.4 Å². The quantitative estimate of drug-likeness (QED) is 0.627. The maximum Gasteiger partial charge on any atom is 0.303 e. The van der Waals surface area contributed by atoms with Gasteiger partial charge < -0.3 is 10.4 Å². The summed E-state index contributed by atoms with van der Waals surface area (Å²) in [6, 6.07) is 9.07. The average Bonchev–Trinajstić information content (AvgIpc) is 2.64. The fourth-order valence-corrected chi connectivity index (χ4v) is 2.72. The first-order valence-electron chi connectivity index (χ1n) is 9.03. The Hall–Kier alpha value is -2.70. The van der Waals surface area contributed by atoms with Gasteiger partial charge in [-0.3, -0.25) is 14.4 Å². The van der Waals surface area contributed by atoms with E-state index < -0.39 is 5.97 Å². The molecule has 1 aliphatic rings. The van der Waals surface area contributed by atoms with Crippen LogP contribution in [-0.2, 0) is 14.4 Å². The number of unbranched alkanes of at least 4 members (excludes halogenated alkanes) is 4. The standard InChI is InChI=1S/C19H25N3O4/c23-17-13-12-16(21-22(17)15-9-5-4-6-10-15)19(26)20-14-8-3-1-2-7-11-18(24)25/h4-6,9-10H,1-3,7-8,11-14H2,(H,20,26)(H,24,25). The first-order chi connectivity index (χ1) is 12.6. The van der Waals surface area contributed by atoms with Crippen LogP contribution in [-0.4, -0.2) is 35.1 Å². The first kappa shape index (κ1) is 19.6. The number of carboxylic acid groups (broad SMARTS) is 1. The van der Waals surface area contributed by atoms with Crippen molar-refractivity contribution in [2.24, 2.45) is 5.10 Å². The van der Waals surface area contributed by atoms with Gasteiger partial charge in [0, 0.05) is 25.8 Å². The van der Waals surface area contributed by atoms with Crippen LogP contribution >= 0.6 is 0 Å². The summed E-state index contributed by atoms with van der Waals surface area (Å²) in [6.07, 6.45) is 5.17. The summed E-state index contributed by atoms with van der Waals surface area (Å²) in [5.41, 5.74) is 1.03. The molecule has 0 bridgehead atoms. The number of nitrogens with zero attached hydrogens (tertiary/aromatic N) is 2. The summed E-state index contributed by atoms with van der Waals surface area (Å²) in [5, 5.41) is 16.9. The molecule has 0 saturated carbocycles. The lowest BCUT2D eigenvalue weighted by atomic mass is 10.1. The van der Waals surface area contributed by atoms with Crippen molar-refractivity contribution in [2.75, 3.05) is 11.6 Å². The Morgan fingerprint density at radius 1 is 1.04 bits per heavy atom. The number of aliphatic carboxylic acids is 1. The van der Waals surface area contributed by atoms with Crippen molar-refractivity contribution in [3.63, 3.8) is 0 Å². The Balaban J connectivity index is 1.73. The van der Waals surface area contributed by atoms with Crippen LogP contribution in [0.25, 0.3) is 0 Å². The van der Waals surface area contributed by atoms with Crippen LogP contribution in [0.2, 0.25) is 0 Å². The van der Waals surface area contributed by atoms with Gasteiger partial charge in [0.05, 0.1) is 5.69 Å². The molecule has 0 radical (unpaired) electrons. The topological polar surface area (TPSA) is 99.1 Å². The summed E-state index contributed by atoms with van der Waals surface area (Å²) in [6.45, 7) is 0.552. The maximum absolute atomic E-state index is 12.2. The van der Waals surface area contributed by atoms with Crippen LogP contribution in [0.15, 0.2) is 35.4 Å². The molecule has 0 fully saturated rings. The molecule has 0 unspecified atom stereocenters. The number of amides is 2. The Bertz CT molecular complexity index is 658. The third-order valence-corrected chi connectivity index (χ3v) is 4.15. The number of para-hydroxylation sites is 1. The monoisotopic (exact) mass is 359 g/mol. The van der Waals surface area contributed by atoms with Gasteiger partial charge in [-0.1, -0.05) is 37.5 Å². The Morgan fingerprint density at radius 2 is 1.73 bits per heavy atom. The molecule has 140 valence electrons. The second kappa shape index (κ2) is 10.3. The van der Waals surface area contributed by atoms with E-state index in [0.717, 1.165) is 25.7 Å². The van der Waals surface area contributed by atoms with E-state index in [1.807, 2.05) is 18.2 Å². The number of carbonyl (C=O) groups excluding carboxylic acids is 2. The van der Waals surface area contributed by atoms with E-state index in [1.165, 1.54) is 5.01 Å². The second-order valence-corrected chi connectivity index (χ2v) is 6.26. The van der Waals surface area contributed by atoms with Crippen molar-refractivity contribution in [1.82, 2.24) is 5.32 Å². The molecule has 7 heteroatoms. The number of hydrazone groups is 1. The molecule has 2 amide bonds. The molecule has 26 heavy (non-hydrogen) atoms. The smallest absolute Gasteiger partial charge is 0.303 e. The van der Waals surface area contributed by atoms with Gasteiger partial charge >= 0.3 is 5.97 Å². The number of carboxylic acids is 1. The first-order valence-corrected chi connectivity index (χ1v) is 9.03. The molecule has 0 saturated heterocycles. The number of nitrogens with one attached hydrogen (secondary N) is 1. The van der Waals surface area contributed by atoms with Crippen molar-refractivity contribution >= 4 is 29.2 Å². The highest BCUT2D eigenvalue weighted by Gasteiger charge is 2.25. The summed E-state index contributed by atoms with van der Waals surface area (Å²) < 4.78 is 0. The lowest BCUT2D eigenvalue weighted by molar-refractivity contribution is -0.137. The third kappa shape index (κ3) is 6.31. The van der Waals surface area contributed by atoms with Crippen molar-refractivity contribution in [2.45, 2.75) is 51.4 Å². The fourth-order valence-electron chi connectivity index (χ4n) is 2.72. The molecule has 2 N–H and O–H groups in total. The van der Waals surface area contributed by atoms with Gasteiger partial charge in [-0.05, 0) is 25.0 Å². The van der Waals surface area contributed by atoms with E-state index in [1.54, 1.807) is 12.1 Å². The van der Waals surface area contributed by atoms with Gasteiger partial charge in [0.1, 0.15) is 5.71 Å². The maximum atomic E-state index is 12.2. The zero-order valence-electron chi connectivity index (χ0n) is 14.8. The van der Waals surface area contributed by atoms with Gasteiger partial charge in [0.25, 0.3) is 5.91 Å². The van der Waals surface area contributed by atoms with Crippen LogP contribution in [0.4, 0.5) is 5.69 Å². The average molecular weight is 359 g/mol. The minimum atomic E-state index is -0.756. The predicted molar refractivity (Wildman–Crippen MR) is 98.9 cm³/mol. The molecule has 0 aromatic heterocycles. The van der Waals surface area contributed by atoms with E-state index in [-0.39, 0.29) is 24.7 Å². The van der Waals surface area contributed by atoms with Crippen LogP contribution in [0.1, 0.15) is 51.4 Å². The molecule has 1 aromatic rings. The molecular formula is C19H25N3O4. The fraction of sp³-hybridized carbons (Fsp3) is 0.474. The lowest BCUT2D eigenvalue weighted by Crippen LogP contribution is -2.39. The number of carbonyl (C=O) groups is 3. The van der Waals surface area contributed by atoms with Crippen LogP contribution in [0.5, 0.6) is 0 Å². The number of rotatable bonds is 10. The van der Waals surface area contributed by atoms with Crippen molar-refractivity contribution in [1.29, 1.82) is 0 Å². The Morgan fingerprint density at radius 3 is 2.46 bits per heavy atom. The van der Waals surface area contributed by atoms with Crippen molar-refractivity contribution in [3.05, 3.63) is 30.3 Å². The highest BCUT2D eigenvalue weighted by molar-refractivity contribution is 6.40. The second-order valence-electron chi connectivity index (χ2n) is 6.26. The molecule has 1 aromatic carbocycles. The minimum Gasteiger partial charge on any atom is -0.481 e. The zero-order chi connectivity index (χ0) is 18.8. The molecule has 2 rings (SSSR count). The highest BCUT2D eigenvalue weighted by Crippen LogP contribution is 2.19. The van der Waals surface area contributed by atoms with Gasteiger partial charge in [-0.2, -0.15) is 5.10 Å². The summed E-state index contributed by atoms with van der Waals surface area (Å²) in [5.74, 6) is -1.10. The van der Waals surface area contributed by atoms with Crippen molar-refractivity contribution in [3.8, 4) is 0 Å². The third-order valence-electron chi connectivity index (χ3n) is 4.15. The van der Waals surface area contributed by atoms with Crippen LogP contribution in [0, 0.1) is 0 Å². The summed E-state index contributed by atoms with van der Waals surface area (Å²) in [4.78, 5) is 34.7. The molecule has 0 aliphatic carbocycles. The van der Waals surface area contributed by atoms with E-state index >= 15 is 0 Å². The van der Waals surface area contributed by atoms with Crippen LogP contribution < -0.4 is 10.3 Å². The molecular weight excluding hydrogens is 334 g/mol. The Labute approximate surface area is 153 Å². The van der Waals surface area contributed by atoms with Gasteiger partial charge in [0.15, 0.2) is 0 Å². The minimum absolute atomic E-state index is 0.117. The molecule has 1 aliphatic heterocycles. The number of anilines is 1. The number of hydrogen-bond acceptors (Lipinski definition) is 4. The molecule has 7 nitrogen and oxygen atoms in total. The Kier molecular flexibility index (Phi) is 7.79. The summed E-state index contributed by atoms with van der Waals surface area (Å²) in [7, 11) is 0. The van der Waals surface area contributed by atoms with Crippen LogP contribution in [0.3, 0.4) is 0 Å². The lowest BCUT2D eigenvalue weighted by Gasteiger charge is -2.23. The van der Waals surface area contributed by atoms with E-state index in [9.17, 15) is 14.4 Å². The van der Waals surface area contributed by atoms with Gasteiger partial charge in [-0.25, -0.2) is 5.01 Å². The summed E-state index contributed by atoms with van der Waals surface area (Å²) >= 11 is 0. The highest BCUT2D eigenvalue weighted by atomic mass is 16.4. The molecule has 1 heterocycles. The predicted octanol–water partition coefficient (Wildman–Crippen LogP) is 2.71. The number of hydrogen-bond donors (Lipinski definition) is 2. The zero-order valence-corrected chi connectivity index (χ0v) is 14.8. The molecule has 0 atom stereocenters. The molecule has 0 spiro atoms. The van der Waals surface area contributed by atoms with E-state index in [0.29, 0.717) is 30.8 Å². The van der Waals surface area contributed by atoms with E-state index in [4.69, 9.17) is 5.11 Å². The normalized spacial score (nSPS) is 14.1.